The quantitative estimate of drug-likeness (QED) is 0.259. The van der Waals surface area contributed by atoms with Crippen molar-refractivity contribution in [1.29, 1.82) is 0 Å². The highest BCUT2D eigenvalue weighted by molar-refractivity contribution is 6.32. The van der Waals surface area contributed by atoms with Gasteiger partial charge in [-0.15, -0.1) is 0 Å². The molecule has 0 spiro atoms. The molecule has 0 unspecified atom stereocenters. The lowest BCUT2D eigenvalue weighted by atomic mass is 9.58. The van der Waals surface area contributed by atoms with Gasteiger partial charge in [0.1, 0.15) is 22.2 Å². The zero-order valence-corrected chi connectivity index (χ0v) is 18.8. The molecule has 176 valence electrons. The number of nitrogens with zero attached hydrogens (tertiary/aromatic N) is 2. The maximum Gasteiger partial charge on any atom is 0.255 e. The van der Waals surface area contributed by atoms with E-state index in [4.69, 9.17) is 17.3 Å². The van der Waals surface area contributed by atoms with Crippen LogP contribution in [0.25, 0.3) is 0 Å². The van der Waals surface area contributed by atoms with Gasteiger partial charge in [-0.25, -0.2) is 4.98 Å². The fourth-order valence-corrected chi connectivity index (χ4v) is 5.59. The maximum atomic E-state index is 13.4. The number of pyridine rings is 1. The number of aromatic hydroxyl groups is 1. The molecule has 0 fully saturated rings. The van der Waals surface area contributed by atoms with Crippen LogP contribution in [0.1, 0.15) is 22.3 Å². The first-order chi connectivity index (χ1) is 15.4. The number of aromatic nitrogens is 1. The summed E-state index contributed by atoms with van der Waals surface area (Å²) in [4.78, 5) is 44.1. The second-order valence-electron chi connectivity index (χ2n) is 8.67. The van der Waals surface area contributed by atoms with Gasteiger partial charge in [0.25, 0.3) is 5.91 Å². The van der Waals surface area contributed by atoms with Crippen LogP contribution >= 0.6 is 11.6 Å². The van der Waals surface area contributed by atoms with E-state index in [0.717, 1.165) is 0 Å². The minimum Gasteiger partial charge on any atom is -0.510 e. The molecule has 1 aromatic heterocycles. The zero-order chi connectivity index (χ0) is 24.6. The van der Waals surface area contributed by atoms with Gasteiger partial charge in [-0.1, -0.05) is 11.6 Å². The molecule has 1 aromatic rings. The number of ketones is 2. The van der Waals surface area contributed by atoms with E-state index in [2.05, 4.69) is 10.3 Å². The molecule has 33 heavy (non-hydrogen) atoms. The Balaban J connectivity index is 1.98. The Morgan fingerprint density at radius 1 is 1.27 bits per heavy atom. The number of likely N-dealkylation sites (N-methyl/N-ethyl adjacent to an activating group) is 1. The van der Waals surface area contributed by atoms with Crippen molar-refractivity contribution in [2.45, 2.75) is 24.5 Å². The second kappa shape index (κ2) is 7.44. The normalized spacial score (nSPS) is 29.1. The number of halogens is 1. The minimum absolute atomic E-state index is 0.0116. The monoisotopic (exact) mass is 478 g/mol. The van der Waals surface area contributed by atoms with Crippen LogP contribution in [0, 0.1) is 11.8 Å². The average molecular weight is 479 g/mol. The predicted molar refractivity (Wildman–Crippen MR) is 116 cm³/mol. The van der Waals surface area contributed by atoms with Crippen LogP contribution in [-0.2, 0) is 16.0 Å². The summed E-state index contributed by atoms with van der Waals surface area (Å²) in [7, 11) is 4.59. The molecule has 0 bridgehead atoms. The van der Waals surface area contributed by atoms with Gasteiger partial charge in [-0.3, -0.25) is 19.3 Å². The molecule has 1 amide bonds. The van der Waals surface area contributed by atoms with E-state index in [1.807, 2.05) is 0 Å². The molecule has 0 saturated carbocycles. The Morgan fingerprint density at radius 3 is 2.45 bits per heavy atom. The smallest absolute Gasteiger partial charge is 0.255 e. The third-order valence-electron chi connectivity index (χ3n) is 6.77. The van der Waals surface area contributed by atoms with Gasteiger partial charge in [-0.2, -0.15) is 0 Å². The van der Waals surface area contributed by atoms with Crippen LogP contribution in [0.15, 0.2) is 22.7 Å². The number of primary amides is 1. The predicted octanol–water partition coefficient (Wildman–Crippen LogP) is 0.211. The van der Waals surface area contributed by atoms with Crippen LogP contribution < -0.4 is 11.1 Å². The molecule has 3 aliphatic rings. The fraction of sp³-hybridized carbons (Fsp3) is 0.429. The lowest BCUT2D eigenvalue weighted by Gasteiger charge is -2.50. The SMILES string of the molecule is CNc1nc(Cl)c2c(c1O)C(=O)C1=C(O)[C@]3(O)C(=O)C(C(N)=O)=C(O)[C@@H](N(C)C)[C@@H]3C[C@@H]1C2. The van der Waals surface area contributed by atoms with E-state index >= 15 is 0 Å². The molecule has 7 N–H and O–H groups in total. The van der Waals surface area contributed by atoms with E-state index in [-0.39, 0.29) is 40.5 Å². The lowest BCUT2D eigenvalue weighted by molar-refractivity contribution is -0.148. The number of amides is 1. The van der Waals surface area contributed by atoms with Crippen molar-refractivity contribution >= 4 is 34.9 Å². The number of carbonyl (C=O) groups excluding carboxylic acids is 3. The number of carbonyl (C=O) groups is 3. The first kappa shape index (κ1) is 23.0. The van der Waals surface area contributed by atoms with Crippen molar-refractivity contribution in [3.8, 4) is 5.75 Å². The third-order valence-corrected chi connectivity index (χ3v) is 7.09. The largest absolute Gasteiger partial charge is 0.510 e. The highest BCUT2D eigenvalue weighted by Crippen LogP contribution is 2.53. The number of aliphatic hydroxyl groups excluding tert-OH is 2. The number of aliphatic hydroxyl groups is 3. The van der Waals surface area contributed by atoms with Crippen molar-refractivity contribution in [3.05, 3.63) is 38.9 Å². The minimum atomic E-state index is -2.68. The number of anilines is 1. The first-order valence-corrected chi connectivity index (χ1v) is 10.5. The Bertz CT molecular complexity index is 1190. The van der Waals surface area contributed by atoms with Crippen molar-refractivity contribution in [1.82, 2.24) is 9.88 Å². The maximum absolute atomic E-state index is 13.4. The van der Waals surface area contributed by atoms with Gasteiger partial charge in [0.15, 0.2) is 23.0 Å². The number of rotatable bonds is 3. The highest BCUT2D eigenvalue weighted by Gasteiger charge is 2.63. The number of Topliss-reactive ketones (excluding diaryl/α,β-unsaturated/α-hetero) is 2. The summed E-state index contributed by atoms with van der Waals surface area (Å²) in [6.07, 6.45) is 0.0640. The van der Waals surface area contributed by atoms with Crippen LogP contribution in [0.5, 0.6) is 5.75 Å². The topological polar surface area (TPSA) is 186 Å². The molecule has 4 atom stereocenters. The molecular formula is C21H23ClN4O7. The molecule has 11 nitrogen and oxygen atoms in total. The number of hydrogen-bond donors (Lipinski definition) is 6. The van der Waals surface area contributed by atoms with Crippen molar-refractivity contribution in [2.24, 2.45) is 17.6 Å². The van der Waals surface area contributed by atoms with Crippen LogP contribution in [0.4, 0.5) is 5.82 Å². The van der Waals surface area contributed by atoms with Crippen LogP contribution in [-0.4, -0.2) is 80.6 Å². The number of fused-ring (bicyclic) bond motifs is 3. The van der Waals surface area contributed by atoms with Gasteiger partial charge in [0, 0.05) is 24.1 Å². The molecular weight excluding hydrogens is 456 g/mol. The summed E-state index contributed by atoms with van der Waals surface area (Å²) in [5, 5.41) is 46.6. The number of hydrogen-bond acceptors (Lipinski definition) is 10. The summed E-state index contributed by atoms with van der Waals surface area (Å²) in [6, 6.07) is -1.05. The van der Waals surface area contributed by atoms with Crippen molar-refractivity contribution < 1.29 is 34.8 Å². The number of allylic oxidation sites excluding steroid dienone is 1. The summed E-state index contributed by atoms with van der Waals surface area (Å²) < 4.78 is 0. The van der Waals surface area contributed by atoms with Gasteiger partial charge >= 0.3 is 0 Å². The second-order valence-corrected chi connectivity index (χ2v) is 9.02. The third kappa shape index (κ3) is 2.89. The standard InChI is InChI=1S/C21H23ClN4O7/c1-24-20-15(29)10-7(18(22)25-20)4-6-5-8-12(26(2)3)14(28)11(19(23)32)17(31)21(8,33)16(30)9(6)13(10)27/h6,8,12,28-30,33H,4-5H2,1-3H3,(H2,23,32)(H,24,25)/t6-,8-,12-,21-/m0/s1. The van der Waals surface area contributed by atoms with Crippen molar-refractivity contribution in [2.75, 3.05) is 26.5 Å². The van der Waals surface area contributed by atoms with Gasteiger partial charge in [-0.05, 0) is 32.9 Å². The Kier molecular flexibility index (Phi) is 5.19. The van der Waals surface area contributed by atoms with Crippen molar-refractivity contribution in [3.63, 3.8) is 0 Å². The fourth-order valence-electron chi connectivity index (χ4n) is 5.34. The summed E-state index contributed by atoms with van der Waals surface area (Å²) in [5.74, 6) is -7.26. The van der Waals surface area contributed by atoms with Crippen LogP contribution in [0.3, 0.4) is 0 Å². The molecule has 0 aromatic carbocycles. The molecule has 4 rings (SSSR count). The van der Waals surface area contributed by atoms with E-state index in [1.54, 1.807) is 14.1 Å². The molecule has 1 heterocycles. The van der Waals surface area contributed by atoms with E-state index in [0.29, 0.717) is 0 Å². The average Bonchev–Trinajstić information content (AvgIpc) is 2.72. The van der Waals surface area contributed by atoms with Gasteiger partial charge < -0.3 is 31.5 Å². The molecule has 3 aliphatic carbocycles. The van der Waals surface area contributed by atoms with E-state index in [1.165, 1.54) is 11.9 Å². The first-order valence-electron chi connectivity index (χ1n) is 10.1. The Hall–Kier alpha value is -3.15. The molecule has 0 saturated heterocycles. The summed E-state index contributed by atoms with van der Waals surface area (Å²) in [6.45, 7) is 0. The van der Waals surface area contributed by atoms with Crippen LogP contribution in [0.2, 0.25) is 5.15 Å². The lowest BCUT2D eigenvalue weighted by Crippen LogP contribution is -2.63. The Morgan fingerprint density at radius 2 is 1.91 bits per heavy atom. The summed E-state index contributed by atoms with van der Waals surface area (Å²) >= 11 is 6.27. The molecule has 0 aliphatic heterocycles. The zero-order valence-electron chi connectivity index (χ0n) is 18.0. The van der Waals surface area contributed by atoms with E-state index < -0.39 is 63.8 Å². The van der Waals surface area contributed by atoms with Gasteiger partial charge in [0.2, 0.25) is 5.78 Å². The number of nitrogens with one attached hydrogen (secondary N) is 1. The summed E-state index contributed by atoms with van der Waals surface area (Å²) in [5.41, 5.74) is 1.59. The van der Waals surface area contributed by atoms with E-state index in [9.17, 15) is 34.8 Å². The highest BCUT2D eigenvalue weighted by atomic mass is 35.5. The Labute approximate surface area is 193 Å². The number of nitrogens with two attached hydrogens (primary N) is 1. The van der Waals surface area contributed by atoms with Gasteiger partial charge in [0.05, 0.1) is 11.6 Å². The molecule has 12 heteroatoms. The molecule has 0 radical (unpaired) electrons.